The third-order valence-electron chi connectivity index (χ3n) is 3.18. The van der Waals surface area contributed by atoms with E-state index in [4.69, 9.17) is 4.74 Å². The summed E-state index contributed by atoms with van der Waals surface area (Å²) in [6.45, 7) is 0.544. The number of aromatic nitrogens is 1. The molecule has 0 radical (unpaired) electrons. The number of nitrogens with one attached hydrogen (secondary N) is 1. The summed E-state index contributed by atoms with van der Waals surface area (Å²) in [6, 6.07) is 22.8. The molecule has 3 rings (SSSR count). The molecule has 1 N–H and O–H groups in total. The smallest absolute Gasteiger partial charge is 0.248 e. The summed E-state index contributed by atoms with van der Waals surface area (Å²) < 4.78 is 5.73. The van der Waals surface area contributed by atoms with Crippen molar-refractivity contribution in [3.8, 4) is 17.0 Å². The highest BCUT2D eigenvalue weighted by Crippen LogP contribution is 2.20. The average Bonchev–Trinajstić information content (AvgIpc) is 2.54. The number of aromatic amines is 1. The molecule has 0 unspecified atom stereocenters. The number of hydrogen-bond donors (Lipinski definition) is 1. The lowest BCUT2D eigenvalue weighted by molar-refractivity contribution is 0.306. The van der Waals surface area contributed by atoms with E-state index < -0.39 is 0 Å². The zero-order chi connectivity index (χ0) is 14.5. The summed E-state index contributed by atoms with van der Waals surface area (Å²) >= 11 is 0. The van der Waals surface area contributed by atoms with Crippen molar-refractivity contribution in [2.75, 3.05) is 0 Å². The van der Waals surface area contributed by atoms with Crippen LogP contribution in [0.3, 0.4) is 0 Å². The average molecular weight is 277 g/mol. The van der Waals surface area contributed by atoms with Gasteiger partial charge in [0, 0.05) is 11.8 Å². The Morgan fingerprint density at radius 3 is 2.29 bits per heavy atom. The van der Waals surface area contributed by atoms with Crippen molar-refractivity contribution in [3.05, 3.63) is 88.7 Å². The fraction of sp³-hybridized carbons (Fsp3) is 0.0556. The molecule has 21 heavy (non-hydrogen) atoms. The molecule has 0 saturated carbocycles. The van der Waals surface area contributed by atoms with Crippen LogP contribution in [0.15, 0.2) is 77.6 Å². The molecule has 1 heterocycles. The molecule has 0 bridgehead atoms. The third-order valence-corrected chi connectivity index (χ3v) is 3.18. The monoisotopic (exact) mass is 277 g/mol. The molecular weight excluding hydrogens is 262 g/mol. The number of H-pyrrole nitrogens is 1. The van der Waals surface area contributed by atoms with Crippen LogP contribution in [0.4, 0.5) is 0 Å². The molecular formula is C18H15NO2. The maximum absolute atomic E-state index is 11.3. The molecule has 0 spiro atoms. The second-order valence-corrected chi connectivity index (χ2v) is 4.73. The summed E-state index contributed by atoms with van der Waals surface area (Å²) in [5.41, 5.74) is 2.79. The molecule has 0 fully saturated rings. The minimum Gasteiger partial charge on any atom is -0.489 e. The fourth-order valence-corrected chi connectivity index (χ4v) is 2.09. The van der Waals surface area contributed by atoms with Crippen LogP contribution in [0.2, 0.25) is 0 Å². The van der Waals surface area contributed by atoms with Gasteiger partial charge in [0.15, 0.2) is 0 Å². The Morgan fingerprint density at radius 1 is 0.810 bits per heavy atom. The first-order valence-electron chi connectivity index (χ1n) is 6.78. The molecule has 104 valence electrons. The maximum atomic E-state index is 11.3. The normalized spacial score (nSPS) is 10.3. The minimum atomic E-state index is -0.100. The molecule has 2 aromatic carbocycles. The van der Waals surface area contributed by atoms with E-state index in [0.29, 0.717) is 6.61 Å². The summed E-state index contributed by atoms with van der Waals surface area (Å²) in [4.78, 5) is 14.1. The highest BCUT2D eigenvalue weighted by atomic mass is 16.5. The first kappa shape index (κ1) is 13.2. The topological polar surface area (TPSA) is 42.1 Å². The van der Waals surface area contributed by atoms with Crippen LogP contribution in [0.1, 0.15) is 5.56 Å². The first-order chi connectivity index (χ1) is 10.3. The van der Waals surface area contributed by atoms with E-state index in [2.05, 4.69) is 4.98 Å². The fourth-order valence-electron chi connectivity index (χ4n) is 2.09. The Balaban J connectivity index is 1.71. The second-order valence-electron chi connectivity index (χ2n) is 4.73. The van der Waals surface area contributed by atoms with Gasteiger partial charge in [-0.05, 0) is 41.5 Å². The SMILES string of the molecule is O=c1cccc(-c2ccc(OCc3ccccc3)cc2)[nH]1. The van der Waals surface area contributed by atoms with Gasteiger partial charge in [-0.25, -0.2) is 0 Å². The molecule has 3 aromatic rings. The number of ether oxygens (including phenoxy) is 1. The van der Waals surface area contributed by atoms with E-state index in [1.165, 1.54) is 6.07 Å². The zero-order valence-corrected chi connectivity index (χ0v) is 11.5. The molecule has 0 saturated heterocycles. The maximum Gasteiger partial charge on any atom is 0.248 e. The van der Waals surface area contributed by atoms with Gasteiger partial charge >= 0.3 is 0 Å². The van der Waals surface area contributed by atoms with Crippen LogP contribution < -0.4 is 10.3 Å². The third kappa shape index (κ3) is 3.39. The van der Waals surface area contributed by atoms with Gasteiger partial charge in [-0.1, -0.05) is 36.4 Å². The van der Waals surface area contributed by atoms with Crippen LogP contribution >= 0.6 is 0 Å². The highest BCUT2D eigenvalue weighted by molar-refractivity contribution is 5.59. The van der Waals surface area contributed by atoms with Crippen LogP contribution in [0, 0.1) is 0 Å². The van der Waals surface area contributed by atoms with Gasteiger partial charge in [0.05, 0.1) is 0 Å². The Morgan fingerprint density at radius 2 is 1.57 bits per heavy atom. The zero-order valence-electron chi connectivity index (χ0n) is 11.5. The Labute approximate surface area is 122 Å². The van der Waals surface area contributed by atoms with Crippen LogP contribution in [-0.2, 0) is 6.61 Å². The molecule has 0 amide bonds. The molecule has 0 atom stereocenters. The second kappa shape index (κ2) is 6.09. The molecule has 0 aliphatic rings. The highest BCUT2D eigenvalue weighted by Gasteiger charge is 2.00. The van der Waals surface area contributed by atoms with Gasteiger partial charge in [0.2, 0.25) is 5.56 Å². The molecule has 0 aliphatic carbocycles. The lowest BCUT2D eigenvalue weighted by Crippen LogP contribution is -2.03. The molecule has 3 nitrogen and oxygen atoms in total. The van der Waals surface area contributed by atoms with Crippen molar-refractivity contribution in [1.82, 2.24) is 4.98 Å². The predicted octanol–water partition coefficient (Wildman–Crippen LogP) is 3.62. The largest absolute Gasteiger partial charge is 0.489 e. The summed E-state index contributed by atoms with van der Waals surface area (Å²) in [5, 5.41) is 0. The van der Waals surface area contributed by atoms with Gasteiger partial charge in [-0.2, -0.15) is 0 Å². The van der Waals surface area contributed by atoms with Crippen molar-refractivity contribution in [2.24, 2.45) is 0 Å². The van der Waals surface area contributed by atoms with Crippen LogP contribution in [-0.4, -0.2) is 4.98 Å². The van der Waals surface area contributed by atoms with E-state index in [9.17, 15) is 4.79 Å². The predicted molar refractivity (Wildman–Crippen MR) is 83.3 cm³/mol. The Hall–Kier alpha value is -2.81. The number of benzene rings is 2. The quantitative estimate of drug-likeness (QED) is 0.791. The minimum absolute atomic E-state index is 0.100. The molecule has 1 aromatic heterocycles. The van der Waals surface area contributed by atoms with Gasteiger partial charge in [0.25, 0.3) is 0 Å². The lowest BCUT2D eigenvalue weighted by Gasteiger charge is -2.07. The van der Waals surface area contributed by atoms with E-state index >= 15 is 0 Å². The van der Waals surface area contributed by atoms with E-state index in [0.717, 1.165) is 22.6 Å². The first-order valence-corrected chi connectivity index (χ1v) is 6.78. The van der Waals surface area contributed by atoms with Crippen molar-refractivity contribution >= 4 is 0 Å². The van der Waals surface area contributed by atoms with E-state index in [-0.39, 0.29) is 5.56 Å². The van der Waals surface area contributed by atoms with E-state index in [1.807, 2.05) is 60.7 Å². The van der Waals surface area contributed by atoms with Crippen LogP contribution in [0.5, 0.6) is 5.75 Å². The summed E-state index contributed by atoms with van der Waals surface area (Å²) in [7, 11) is 0. The number of hydrogen-bond acceptors (Lipinski definition) is 2. The van der Waals surface area contributed by atoms with Gasteiger partial charge in [-0.3, -0.25) is 4.79 Å². The summed E-state index contributed by atoms with van der Waals surface area (Å²) in [6.07, 6.45) is 0. The van der Waals surface area contributed by atoms with E-state index in [1.54, 1.807) is 6.07 Å². The van der Waals surface area contributed by atoms with Gasteiger partial charge < -0.3 is 9.72 Å². The lowest BCUT2D eigenvalue weighted by atomic mass is 10.1. The van der Waals surface area contributed by atoms with Crippen molar-refractivity contribution in [3.63, 3.8) is 0 Å². The van der Waals surface area contributed by atoms with Crippen molar-refractivity contribution in [2.45, 2.75) is 6.61 Å². The number of rotatable bonds is 4. The van der Waals surface area contributed by atoms with Gasteiger partial charge in [0.1, 0.15) is 12.4 Å². The molecule has 0 aliphatic heterocycles. The van der Waals surface area contributed by atoms with Crippen LogP contribution in [0.25, 0.3) is 11.3 Å². The van der Waals surface area contributed by atoms with Crippen molar-refractivity contribution in [1.29, 1.82) is 0 Å². The standard InChI is InChI=1S/C18H15NO2/c20-18-8-4-7-17(19-18)15-9-11-16(12-10-15)21-13-14-5-2-1-3-6-14/h1-12H,13H2,(H,19,20). The Kier molecular flexibility index (Phi) is 3.83. The van der Waals surface area contributed by atoms with Crippen molar-refractivity contribution < 1.29 is 4.74 Å². The Bertz CT molecular complexity index is 761. The summed E-state index contributed by atoms with van der Waals surface area (Å²) in [5.74, 6) is 0.806. The van der Waals surface area contributed by atoms with Gasteiger partial charge in [-0.15, -0.1) is 0 Å². The molecule has 3 heteroatoms. The number of pyridine rings is 1.